The lowest BCUT2D eigenvalue weighted by molar-refractivity contribution is 0.245. The number of fused-ring (bicyclic) bond motifs is 1. The molecule has 2 aliphatic carbocycles. The van der Waals surface area contributed by atoms with Gasteiger partial charge in [0.05, 0.1) is 18.4 Å². The molecule has 2 amide bonds. The summed E-state index contributed by atoms with van der Waals surface area (Å²) in [6.45, 7) is 0. The molecule has 0 unspecified atom stereocenters. The fourth-order valence-corrected chi connectivity index (χ4v) is 3.79. The molecule has 7 nitrogen and oxygen atoms in total. The summed E-state index contributed by atoms with van der Waals surface area (Å²) in [6, 6.07) is 5.78. The number of anilines is 1. The summed E-state index contributed by atoms with van der Waals surface area (Å²) < 4.78 is 7.85. The van der Waals surface area contributed by atoms with Crippen molar-refractivity contribution in [3.05, 3.63) is 42.8 Å². The molecule has 26 heavy (non-hydrogen) atoms. The van der Waals surface area contributed by atoms with Gasteiger partial charge in [0.15, 0.2) is 11.5 Å². The number of aromatic nitrogens is 3. The van der Waals surface area contributed by atoms with Gasteiger partial charge in [-0.15, -0.1) is 0 Å². The Kier molecular flexibility index (Phi) is 3.65. The minimum Gasteiger partial charge on any atom is -0.440 e. The van der Waals surface area contributed by atoms with E-state index in [9.17, 15) is 4.79 Å². The van der Waals surface area contributed by atoms with Crippen LogP contribution in [0.25, 0.3) is 11.1 Å². The summed E-state index contributed by atoms with van der Waals surface area (Å²) in [5.74, 6) is 1.29. The van der Waals surface area contributed by atoms with Gasteiger partial charge in [0.1, 0.15) is 5.52 Å². The molecule has 1 aromatic carbocycles. The molecule has 5 rings (SSSR count). The van der Waals surface area contributed by atoms with Crippen LogP contribution in [0.3, 0.4) is 0 Å². The summed E-state index contributed by atoms with van der Waals surface area (Å²) in [4.78, 5) is 21.1. The normalized spacial score (nSPS) is 22.6. The number of oxazole rings is 1. The second-order valence-electron chi connectivity index (χ2n) is 7.22. The maximum absolute atomic E-state index is 12.5. The van der Waals surface area contributed by atoms with Gasteiger partial charge in [-0.1, -0.05) is 0 Å². The van der Waals surface area contributed by atoms with Gasteiger partial charge in [-0.05, 0) is 50.3 Å². The molecule has 134 valence electrons. The van der Waals surface area contributed by atoms with Crippen molar-refractivity contribution < 1.29 is 9.21 Å². The SMILES string of the molecule is O=C(Nc1ccc2oc(C3CC3)nc2c1)N[C@H]1CCC[C@@H]1n1ccnc1. The third-order valence-electron chi connectivity index (χ3n) is 5.29. The van der Waals surface area contributed by atoms with Crippen molar-refractivity contribution in [2.24, 2.45) is 0 Å². The summed E-state index contributed by atoms with van der Waals surface area (Å²) in [7, 11) is 0. The highest BCUT2D eigenvalue weighted by molar-refractivity contribution is 5.91. The highest BCUT2D eigenvalue weighted by Crippen LogP contribution is 2.40. The van der Waals surface area contributed by atoms with E-state index in [0.717, 1.165) is 54.8 Å². The number of carbonyl (C=O) groups excluding carboxylic acids is 1. The number of rotatable bonds is 4. The van der Waals surface area contributed by atoms with E-state index < -0.39 is 0 Å². The van der Waals surface area contributed by atoms with Crippen LogP contribution in [-0.4, -0.2) is 26.6 Å². The minimum absolute atomic E-state index is 0.112. The number of hydrogen-bond acceptors (Lipinski definition) is 4. The first-order valence-electron chi connectivity index (χ1n) is 9.22. The minimum atomic E-state index is -0.188. The Hall–Kier alpha value is -2.83. The lowest BCUT2D eigenvalue weighted by Gasteiger charge is -2.22. The molecule has 0 radical (unpaired) electrons. The Balaban J connectivity index is 1.27. The molecule has 2 aliphatic rings. The Bertz CT molecular complexity index is 929. The maximum atomic E-state index is 12.5. The van der Waals surface area contributed by atoms with E-state index in [1.165, 1.54) is 0 Å². The first-order chi connectivity index (χ1) is 12.8. The van der Waals surface area contributed by atoms with E-state index in [2.05, 4.69) is 25.2 Å². The number of amides is 2. The van der Waals surface area contributed by atoms with Crippen LogP contribution in [0.5, 0.6) is 0 Å². The van der Waals surface area contributed by atoms with Gasteiger partial charge < -0.3 is 19.6 Å². The van der Waals surface area contributed by atoms with E-state index in [1.807, 2.05) is 30.7 Å². The molecular formula is C19H21N5O2. The van der Waals surface area contributed by atoms with E-state index in [0.29, 0.717) is 5.92 Å². The molecule has 3 aromatic rings. The van der Waals surface area contributed by atoms with Crippen LogP contribution >= 0.6 is 0 Å². The van der Waals surface area contributed by atoms with Crippen LogP contribution in [-0.2, 0) is 0 Å². The molecule has 2 N–H and O–H groups in total. The van der Waals surface area contributed by atoms with Crippen molar-refractivity contribution in [2.75, 3.05) is 5.32 Å². The van der Waals surface area contributed by atoms with Gasteiger partial charge in [0.25, 0.3) is 0 Å². The molecule has 2 fully saturated rings. The quantitative estimate of drug-likeness (QED) is 0.748. The Labute approximate surface area is 150 Å². The topological polar surface area (TPSA) is 85.0 Å². The third-order valence-corrected chi connectivity index (χ3v) is 5.29. The third kappa shape index (κ3) is 2.94. The van der Waals surface area contributed by atoms with Gasteiger partial charge in [-0.2, -0.15) is 0 Å². The largest absolute Gasteiger partial charge is 0.440 e. The molecule has 0 bridgehead atoms. The molecule has 7 heteroatoms. The Morgan fingerprint density at radius 3 is 2.96 bits per heavy atom. The zero-order valence-corrected chi connectivity index (χ0v) is 14.4. The van der Waals surface area contributed by atoms with Gasteiger partial charge in [-0.3, -0.25) is 0 Å². The Morgan fingerprint density at radius 1 is 1.23 bits per heavy atom. The molecule has 2 saturated carbocycles. The van der Waals surface area contributed by atoms with Gasteiger partial charge >= 0.3 is 6.03 Å². The fraction of sp³-hybridized carbons (Fsp3) is 0.421. The first kappa shape index (κ1) is 15.4. The molecule has 0 saturated heterocycles. The summed E-state index contributed by atoms with van der Waals surface area (Å²) in [5.41, 5.74) is 2.29. The van der Waals surface area contributed by atoms with E-state index in [1.54, 1.807) is 6.20 Å². The van der Waals surface area contributed by atoms with E-state index >= 15 is 0 Å². The average molecular weight is 351 g/mol. The van der Waals surface area contributed by atoms with Crippen molar-refractivity contribution in [1.82, 2.24) is 19.9 Å². The second kappa shape index (κ2) is 6.16. The van der Waals surface area contributed by atoms with Gasteiger partial charge in [0, 0.05) is 24.0 Å². The van der Waals surface area contributed by atoms with E-state index in [-0.39, 0.29) is 18.1 Å². The van der Waals surface area contributed by atoms with Crippen molar-refractivity contribution in [2.45, 2.75) is 50.1 Å². The zero-order valence-electron chi connectivity index (χ0n) is 14.4. The smallest absolute Gasteiger partial charge is 0.319 e. The summed E-state index contributed by atoms with van der Waals surface area (Å²) >= 11 is 0. The number of hydrogen-bond donors (Lipinski definition) is 2. The maximum Gasteiger partial charge on any atom is 0.319 e. The van der Waals surface area contributed by atoms with Crippen LogP contribution in [0.2, 0.25) is 0 Å². The van der Waals surface area contributed by atoms with Crippen molar-refractivity contribution in [3.63, 3.8) is 0 Å². The molecule has 0 aliphatic heterocycles. The monoisotopic (exact) mass is 351 g/mol. The predicted molar refractivity (Wildman–Crippen MR) is 97.0 cm³/mol. The van der Waals surface area contributed by atoms with Crippen LogP contribution < -0.4 is 10.6 Å². The number of benzene rings is 1. The predicted octanol–water partition coefficient (Wildman–Crippen LogP) is 3.82. The fourth-order valence-electron chi connectivity index (χ4n) is 3.79. The molecule has 2 heterocycles. The van der Waals surface area contributed by atoms with Crippen LogP contribution in [0.1, 0.15) is 50.0 Å². The number of nitrogens with one attached hydrogen (secondary N) is 2. The number of nitrogens with zero attached hydrogens (tertiary/aromatic N) is 3. The average Bonchev–Trinajstić information content (AvgIpc) is 3.01. The first-order valence-corrected chi connectivity index (χ1v) is 9.22. The van der Waals surface area contributed by atoms with Gasteiger partial charge in [-0.25, -0.2) is 14.8 Å². The van der Waals surface area contributed by atoms with Crippen LogP contribution in [0, 0.1) is 0 Å². The highest BCUT2D eigenvalue weighted by Gasteiger charge is 2.30. The summed E-state index contributed by atoms with van der Waals surface area (Å²) in [6.07, 6.45) is 11.0. The second-order valence-corrected chi connectivity index (χ2v) is 7.22. The number of urea groups is 1. The van der Waals surface area contributed by atoms with Crippen LogP contribution in [0.15, 0.2) is 41.3 Å². The molecule has 0 spiro atoms. The van der Waals surface area contributed by atoms with Crippen molar-refractivity contribution in [1.29, 1.82) is 0 Å². The number of carbonyl (C=O) groups is 1. The standard InChI is InChI=1S/C19H21N5O2/c25-19(23-14-2-1-3-16(14)24-9-8-20-11-24)21-13-6-7-17-15(10-13)22-18(26-17)12-4-5-12/h6-12,14,16H,1-5H2,(H2,21,23,25)/t14-,16-/m0/s1. The molecule has 2 aromatic heterocycles. The molecule has 2 atom stereocenters. The Morgan fingerprint density at radius 2 is 2.15 bits per heavy atom. The number of imidazole rings is 1. The summed E-state index contributed by atoms with van der Waals surface area (Å²) in [5, 5.41) is 6.03. The zero-order chi connectivity index (χ0) is 17.5. The van der Waals surface area contributed by atoms with Crippen molar-refractivity contribution in [3.8, 4) is 0 Å². The van der Waals surface area contributed by atoms with Crippen molar-refractivity contribution >= 4 is 22.8 Å². The van der Waals surface area contributed by atoms with Gasteiger partial charge in [0.2, 0.25) is 0 Å². The lowest BCUT2D eigenvalue weighted by Crippen LogP contribution is -2.40. The van der Waals surface area contributed by atoms with Crippen LogP contribution in [0.4, 0.5) is 10.5 Å². The lowest BCUT2D eigenvalue weighted by atomic mass is 10.2. The van der Waals surface area contributed by atoms with E-state index in [4.69, 9.17) is 4.42 Å². The highest BCUT2D eigenvalue weighted by atomic mass is 16.3. The molecular weight excluding hydrogens is 330 g/mol.